The van der Waals surface area contributed by atoms with Crippen LogP contribution in [0, 0.1) is 29.4 Å². The van der Waals surface area contributed by atoms with Gasteiger partial charge < -0.3 is 29.3 Å². The van der Waals surface area contributed by atoms with E-state index in [1.54, 1.807) is 14.0 Å². The predicted molar refractivity (Wildman–Crippen MR) is 189 cm³/mol. The Labute approximate surface area is 295 Å². The number of hydrogen-bond acceptors (Lipinski definition) is 10. The molecular formula is C39H43F2N5O5. The molecule has 268 valence electrons. The molecule has 2 aromatic carbocycles. The molecular weight excluding hydrogens is 656 g/mol. The van der Waals surface area contributed by atoms with Crippen molar-refractivity contribution >= 4 is 27.5 Å². The molecule has 2 saturated heterocycles. The van der Waals surface area contributed by atoms with Crippen molar-refractivity contribution in [3.8, 4) is 35.4 Å². The number of aromatic hydroxyl groups is 1. The van der Waals surface area contributed by atoms with E-state index >= 15 is 4.39 Å². The standard InChI is InChI=1S/C39H43F2N5O5/c1-4-27-30(40)9-8-23-15-25(47)18-28(32(23)27)34-33(41)35-29(19-42-34)36(45-13-14-50-21-38(2,48)20-45)44-37(43-35)51-22-39-10-5-7-31(39)46(12-6-11-39)24-16-26(17-24)49-3/h1,8-9,15,18-19,24,26,31,47-48H,5-7,10-14,16-17,20-22H2,2-3H3/t24?,26?,31-,38+,39-/m1/s1. The molecule has 4 aromatic rings. The normalized spacial score (nSPS) is 28.3. The van der Waals surface area contributed by atoms with Crippen molar-refractivity contribution in [3.63, 3.8) is 0 Å². The summed E-state index contributed by atoms with van der Waals surface area (Å²) in [5, 5.41) is 22.7. The Hall–Kier alpha value is -4.15. The first-order valence-electron chi connectivity index (χ1n) is 17.8. The van der Waals surface area contributed by atoms with Crippen LogP contribution in [0.1, 0.15) is 57.4 Å². The van der Waals surface area contributed by atoms with Crippen molar-refractivity contribution < 1.29 is 33.2 Å². The third-order valence-corrected chi connectivity index (χ3v) is 11.6. The monoisotopic (exact) mass is 699 g/mol. The van der Waals surface area contributed by atoms with Gasteiger partial charge in [0.25, 0.3) is 0 Å². The summed E-state index contributed by atoms with van der Waals surface area (Å²) < 4.78 is 49.8. The zero-order valence-corrected chi connectivity index (χ0v) is 29.0. The van der Waals surface area contributed by atoms with Gasteiger partial charge in [0.15, 0.2) is 5.82 Å². The highest BCUT2D eigenvalue weighted by Crippen LogP contribution is 2.50. The SMILES string of the molecule is C#Cc1c(F)ccc2cc(O)cc(-c3ncc4c(N5CCOC[C@@](C)(O)C5)nc(OC[C@]56CCC[C@H]5N(C5CC(OC)C5)CCC6)nc4c3F)c12. The topological polar surface area (TPSA) is 113 Å². The Bertz CT molecular complexity index is 2030. The Morgan fingerprint density at radius 1 is 1.14 bits per heavy atom. The van der Waals surface area contributed by atoms with Crippen LogP contribution in [0.25, 0.3) is 32.9 Å². The minimum Gasteiger partial charge on any atom is -0.508 e. The van der Waals surface area contributed by atoms with Gasteiger partial charge in [-0.05, 0) is 75.6 Å². The van der Waals surface area contributed by atoms with E-state index in [0.717, 1.165) is 51.5 Å². The Kier molecular flexibility index (Phi) is 8.74. The van der Waals surface area contributed by atoms with Crippen molar-refractivity contribution in [2.24, 2.45) is 5.41 Å². The summed E-state index contributed by atoms with van der Waals surface area (Å²) >= 11 is 0. The molecule has 3 atom stereocenters. The molecule has 51 heavy (non-hydrogen) atoms. The van der Waals surface area contributed by atoms with Crippen LogP contribution in [0.5, 0.6) is 11.8 Å². The molecule has 2 aliphatic carbocycles. The first kappa shape index (κ1) is 34.0. The highest BCUT2D eigenvalue weighted by atomic mass is 19.1. The van der Waals surface area contributed by atoms with E-state index < -0.39 is 17.2 Å². The number of aliphatic hydroxyl groups is 1. The molecule has 4 heterocycles. The average molecular weight is 700 g/mol. The smallest absolute Gasteiger partial charge is 0.319 e. The number of rotatable bonds is 7. The fraction of sp³-hybridized carbons (Fsp3) is 0.513. The number of aromatic nitrogens is 3. The van der Waals surface area contributed by atoms with Crippen LogP contribution in [0.4, 0.5) is 14.6 Å². The van der Waals surface area contributed by atoms with E-state index in [4.69, 9.17) is 25.6 Å². The average Bonchev–Trinajstić information content (AvgIpc) is 3.44. The molecule has 10 nitrogen and oxygen atoms in total. The number of phenolic OH excluding ortho intramolecular Hbond substituents is 1. The number of piperidine rings is 1. The highest BCUT2D eigenvalue weighted by molar-refractivity contribution is 6.03. The van der Waals surface area contributed by atoms with Gasteiger partial charge in [-0.1, -0.05) is 18.4 Å². The van der Waals surface area contributed by atoms with Crippen molar-refractivity contribution in [1.82, 2.24) is 19.9 Å². The van der Waals surface area contributed by atoms with Crippen molar-refractivity contribution in [3.05, 3.63) is 47.7 Å². The van der Waals surface area contributed by atoms with E-state index in [-0.39, 0.29) is 58.1 Å². The molecule has 0 amide bonds. The number of likely N-dealkylation sites (tertiary alicyclic amines) is 1. The molecule has 4 aliphatic rings. The number of benzene rings is 2. The van der Waals surface area contributed by atoms with E-state index in [1.807, 2.05) is 4.90 Å². The molecule has 0 spiro atoms. The van der Waals surface area contributed by atoms with E-state index in [2.05, 4.69) is 20.8 Å². The van der Waals surface area contributed by atoms with E-state index in [9.17, 15) is 14.6 Å². The fourth-order valence-corrected chi connectivity index (χ4v) is 9.04. The predicted octanol–water partition coefficient (Wildman–Crippen LogP) is 5.59. The summed E-state index contributed by atoms with van der Waals surface area (Å²) in [4.78, 5) is 18.5. The fourth-order valence-electron chi connectivity index (χ4n) is 9.04. The third-order valence-electron chi connectivity index (χ3n) is 11.6. The number of halogens is 2. The lowest BCUT2D eigenvalue weighted by molar-refractivity contribution is -0.0845. The molecule has 2 saturated carbocycles. The van der Waals surface area contributed by atoms with Gasteiger partial charge in [0.1, 0.15) is 34.2 Å². The Balaban J connectivity index is 1.22. The molecule has 2 aromatic heterocycles. The summed E-state index contributed by atoms with van der Waals surface area (Å²) in [7, 11) is 1.78. The number of terminal acetylenes is 1. The number of methoxy groups -OCH3 is 1. The lowest BCUT2D eigenvalue weighted by atomic mass is 9.73. The molecule has 8 rings (SSSR count). The number of anilines is 1. The van der Waals surface area contributed by atoms with Gasteiger partial charge in [-0.25, -0.2) is 8.78 Å². The maximum atomic E-state index is 17.0. The van der Waals surface area contributed by atoms with Crippen molar-refractivity contribution in [2.75, 3.05) is 51.5 Å². The van der Waals surface area contributed by atoms with Gasteiger partial charge in [-0.2, -0.15) is 9.97 Å². The van der Waals surface area contributed by atoms with Crippen molar-refractivity contribution in [2.45, 2.75) is 75.7 Å². The van der Waals surface area contributed by atoms with Crippen LogP contribution in [-0.4, -0.2) is 100 Å². The molecule has 0 unspecified atom stereocenters. The molecule has 2 N–H and O–H groups in total. The summed E-state index contributed by atoms with van der Waals surface area (Å²) in [6.07, 6.45) is 14.9. The minimum absolute atomic E-state index is 0.0229. The number of hydrogen-bond donors (Lipinski definition) is 2. The van der Waals surface area contributed by atoms with Crippen LogP contribution in [0.15, 0.2) is 30.5 Å². The number of fused-ring (bicyclic) bond motifs is 3. The second-order valence-corrected chi connectivity index (χ2v) is 15.0. The summed E-state index contributed by atoms with van der Waals surface area (Å²) in [5.74, 6) is 1.15. The van der Waals surface area contributed by atoms with Crippen LogP contribution in [0.3, 0.4) is 0 Å². The second-order valence-electron chi connectivity index (χ2n) is 15.0. The van der Waals surface area contributed by atoms with Gasteiger partial charge in [0.05, 0.1) is 43.4 Å². The third kappa shape index (κ3) is 6.04. The summed E-state index contributed by atoms with van der Waals surface area (Å²) in [6, 6.07) is 6.39. The van der Waals surface area contributed by atoms with Crippen LogP contribution < -0.4 is 9.64 Å². The molecule has 4 fully saturated rings. The van der Waals surface area contributed by atoms with Gasteiger partial charge in [0, 0.05) is 48.3 Å². The summed E-state index contributed by atoms with van der Waals surface area (Å²) in [5.41, 5.74) is -1.40. The molecule has 0 radical (unpaired) electrons. The quantitative estimate of drug-likeness (QED) is 0.237. The Morgan fingerprint density at radius 3 is 2.76 bits per heavy atom. The number of nitrogens with zero attached hydrogens (tertiary/aromatic N) is 5. The van der Waals surface area contributed by atoms with E-state index in [1.165, 1.54) is 30.5 Å². The van der Waals surface area contributed by atoms with Gasteiger partial charge in [-0.3, -0.25) is 9.88 Å². The highest BCUT2D eigenvalue weighted by Gasteiger charge is 2.51. The van der Waals surface area contributed by atoms with Gasteiger partial charge in [-0.15, -0.1) is 6.42 Å². The number of phenols is 1. The zero-order chi connectivity index (χ0) is 35.5. The first-order valence-corrected chi connectivity index (χ1v) is 17.8. The van der Waals surface area contributed by atoms with Gasteiger partial charge in [0.2, 0.25) is 0 Å². The Morgan fingerprint density at radius 2 is 1.96 bits per heavy atom. The van der Waals surface area contributed by atoms with Crippen LogP contribution in [0.2, 0.25) is 0 Å². The zero-order valence-electron chi connectivity index (χ0n) is 29.0. The summed E-state index contributed by atoms with van der Waals surface area (Å²) in [6.45, 7) is 4.17. The minimum atomic E-state index is -1.19. The maximum absolute atomic E-state index is 17.0. The largest absolute Gasteiger partial charge is 0.508 e. The maximum Gasteiger partial charge on any atom is 0.319 e. The lowest BCUT2D eigenvalue weighted by Gasteiger charge is -2.53. The van der Waals surface area contributed by atoms with E-state index in [0.29, 0.717) is 54.5 Å². The lowest BCUT2D eigenvalue weighted by Crippen LogP contribution is -2.59. The number of pyridine rings is 1. The van der Waals surface area contributed by atoms with Crippen LogP contribution >= 0.6 is 0 Å². The molecule has 2 aliphatic heterocycles. The number of β-amino-alcohol motifs (C(OH)–C–C–N with tert-alkyl or cyclic N) is 1. The number of ether oxygens (including phenoxy) is 3. The van der Waals surface area contributed by atoms with Gasteiger partial charge >= 0.3 is 6.01 Å². The first-order chi connectivity index (χ1) is 24.6. The van der Waals surface area contributed by atoms with Crippen molar-refractivity contribution in [1.29, 1.82) is 0 Å². The molecule has 0 bridgehead atoms. The molecule has 12 heteroatoms. The van der Waals surface area contributed by atoms with Crippen LogP contribution in [-0.2, 0) is 9.47 Å². The second kappa shape index (κ2) is 13.1.